The summed E-state index contributed by atoms with van der Waals surface area (Å²) in [7, 11) is 1.93. The van der Waals surface area contributed by atoms with Gasteiger partial charge in [-0.15, -0.1) is 0 Å². The van der Waals surface area contributed by atoms with Gasteiger partial charge in [0.25, 0.3) is 5.91 Å². The van der Waals surface area contributed by atoms with E-state index in [2.05, 4.69) is 19.5 Å². The number of fused-ring (bicyclic) bond motifs is 1. The Balaban J connectivity index is 1.54. The van der Waals surface area contributed by atoms with Gasteiger partial charge in [0.2, 0.25) is 0 Å². The van der Waals surface area contributed by atoms with E-state index in [-0.39, 0.29) is 5.91 Å². The molecule has 2 aromatic heterocycles. The molecule has 0 radical (unpaired) electrons. The van der Waals surface area contributed by atoms with Crippen molar-refractivity contribution >= 4 is 5.91 Å². The topological polar surface area (TPSA) is 56.0 Å². The average Bonchev–Trinajstić information content (AvgIpc) is 3.26. The van der Waals surface area contributed by atoms with E-state index in [1.54, 1.807) is 0 Å². The molecule has 2 aliphatic rings. The standard InChI is InChI=1S/C19H27N5O/c1-22-18(16-7-2-3-8-17(16)21-22)19(25)24-11-5-4-6-15(24)9-12-23-13-10-20-14-23/h10,13-15H,2-9,11-12H2,1H3. The van der Waals surface area contributed by atoms with Crippen molar-refractivity contribution in [2.45, 2.75) is 64.0 Å². The second-order valence-electron chi connectivity index (χ2n) is 7.34. The Hall–Kier alpha value is -2.11. The zero-order valence-electron chi connectivity index (χ0n) is 15.0. The molecule has 1 amide bonds. The predicted molar refractivity (Wildman–Crippen MR) is 95.4 cm³/mol. The molecule has 1 unspecified atom stereocenters. The maximum Gasteiger partial charge on any atom is 0.272 e. The van der Waals surface area contributed by atoms with Gasteiger partial charge in [0, 0.05) is 44.1 Å². The normalized spacial score (nSPS) is 20.5. The van der Waals surface area contributed by atoms with Crippen molar-refractivity contribution in [1.82, 2.24) is 24.2 Å². The van der Waals surface area contributed by atoms with Crippen LogP contribution in [0.25, 0.3) is 0 Å². The molecule has 0 aromatic carbocycles. The first kappa shape index (κ1) is 16.4. The molecule has 6 nitrogen and oxygen atoms in total. The van der Waals surface area contributed by atoms with Crippen molar-refractivity contribution in [2.24, 2.45) is 7.05 Å². The lowest BCUT2D eigenvalue weighted by atomic mass is 9.94. The second-order valence-corrected chi connectivity index (χ2v) is 7.34. The number of carbonyl (C=O) groups is 1. The first-order valence-electron chi connectivity index (χ1n) is 9.55. The summed E-state index contributed by atoms with van der Waals surface area (Å²) in [5.74, 6) is 0.188. The third-order valence-corrected chi connectivity index (χ3v) is 5.69. The van der Waals surface area contributed by atoms with Gasteiger partial charge in [-0.25, -0.2) is 4.98 Å². The maximum absolute atomic E-state index is 13.4. The summed E-state index contributed by atoms with van der Waals surface area (Å²) in [6, 6.07) is 0.317. The summed E-state index contributed by atoms with van der Waals surface area (Å²) in [4.78, 5) is 19.6. The smallest absolute Gasteiger partial charge is 0.272 e. The summed E-state index contributed by atoms with van der Waals surface area (Å²) < 4.78 is 3.93. The van der Waals surface area contributed by atoms with Crippen molar-refractivity contribution in [3.63, 3.8) is 0 Å². The van der Waals surface area contributed by atoms with Gasteiger partial charge in [-0.2, -0.15) is 5.10 Å². The number of aryl methyl sites for hydroxylation is 3. The molecule has 2 aromatic rings. The molecule has 6 heteroatoms. The zero-order valence-corrected chi connectivity index (χ0v) is 15.0. The van der Waals surface area contributed by atoms with E-state index in [4.69, 9.17) is 0 Å². The van der Waals surface area contributed by atoms with Crippen molar-refractivity contribution in [1.29, 1.82) is 0 Å². The van der Waals surface area contributed by atoms with Gasteiger partial charge in [0.05, 0.1) is 12.0 Å². The molecule has 25 heavy (non-hydrogen) atoms. The minimum atomic E-state index is 0.188. The Kier molecular flexibility index (Phi) is 4.59. The first-order valence-corrected chi connectivity index (χ1v) is 9.55. The molecule has 0 saturated carbocycles. The van der Waals surface area contributed by atoms with Crippen molar-refractivity contribution in [2.75, 3.05) is 6.54 Å². The Morgan fingerprint density at radius 3 is 2.96 bits per heavy atom. The summed E-state index contributed by atoms with van der Waals surface area (Å²) in [5.41, 5.74) is 3.19. The molecule has 1 saturated heterocycles. The lowest BCUT2D eigenvalue weighted by Crippen LogP contribution is -2.45. The molecule has 1 fully saturated rings. The molecule has 1 atom stereocenters. The van der Waals surface area contributed by atoms with E-state index in [0.717, 1.165) is 56.6 Å². The highest BCUT2D eigenvalue weighted by Crippen LogP contribution is 2.28. The Labute approximate surface area is 148 Å². The highest BCUT2D eigenvalue weighted by atomic mass is 16.2. The third-order valence-electron chi connectivity index (χ3n) is 5.69. The number of piperidine rings is 1. The Bertz CT molecular complexity index is 733. The molecular formula is C19H27N5O. The van der Waals surface area contributed by atoms with Crippen LogP contribution in [0.15, 0.2) is 18.7 Å². The van der Waals surface area contributed by atoms with Crippen molar-refractivity contribution in [3.8, 4) is 0 Å². The van der Waals surface area contributed by atoms with E-state index in [0.29, 0.717) is 6.04 Å². The maximum atomic E-state index is 13.4. The number of carbonyl (C=O) groups excluding carboxylic acids is 1. The summed E-state index contributed by atoms with van der Waals surface area (Å²) >= 11 is 0. The number of imidazole rings is 1. The highest BCUT2D eigenvalue weighted by molar-refractivity contribution is 5.94. The van der Waals surface area contributed by atoms with Crippen LogP contribution in [0.4, 0.5) is 0 Å². The predicted octanol–water partition coefficient (Wildman–Crippen LogP) is 2.58. The van der Waals surface area contributed by atoms with Gasteiger partial charge in [0.1, 0.15) is 5.69 Å². The van der Waals surface area contributed by atoms with Gasteiger partial charge < -0.3 is 9.47 Å². The van der Waals surface area contributed by atoms with Gasteiger partial charge in [-0.1, -0.05) is 0 Å². The van der Waals surface area contributed by atoms with Crippen LogP contribution in [0.5, 0.6) is 0 Å². The SMILES string of the molecule is Cn1nc2c(c1C(=O)N1CCCCC1CCn1ccnc1)CCCC2. The van der Waals surface area contributed by atoms with Crippen LogP contribution in [-0.2, 0) is 26.4 Å². The van der Waals surface area contributed by atoms with E-state index in [1.807, 2.05) is 30.5 Å². The number of amides is 1. The van der Waals surface area contributed by atoms with Gasteiger partial charge >= 0.3 is 0 Å². The van der Waals surface area contributed by atoms with E-state index < -0.39 is 0 Å². The third kappa shape index (κ3) is 3.22. The van der Waals surface area contributed by atoms with Crippen molar-refractivity contribution < 1.29 is 4.79 Å². The number of nitrogens with zero attached hydrogens (tertiary/aromatic N) is 5. The summed E-state index contributed by atoms with van der Waals surface area (Å²) in [6.45, 7) is 1.78. The van der Waals surface area contributed by atoms with Crippen LogP contribution in [0.2, 0.25) is 0 Å². The fourth-order valence-electron chi connectivity index (χ4n) is 4.37. The number of likely N-dealkylation sites (tertiary alicyclic amines) is 1. The number of rotatable bonds is 4. The number of aromatic nitrogens is 4. The molecule has 0 spiro atoms. The number of hydrogen-bond acceptors (Lipinski definition) is 3. The summed E-state index contributed by atoms with van der Waals surface area (Å²) in [5, 5.41) is 4.64. The lowest BCUT2D eigenvalue weighted by molar-refractivity contribution is 0.0583. The largest absolute Gasteiger partial charge is 0.337 e. The Morgan fingerprint density at radius 2 is 2.12 bits per heavy atom. The molecule has 0 N–H and O–H groups in total. The monoisotopic (exact) mass is 341 g/mol. The van der Waals surface area contributed by atoms with Crippen LogP contribution in [0.3, 0.4) is 0 Å². The minimum Gasteiger partial charge on any atom is -0.337 e. The minimum absolute atomic E-state index is 0.188. The van der Waals surface area contributed by atoms with E-state index in [9.17, 15) is 4.79 Å². The Morgan fingerprint density at radius 1 is 1.24 bits per heavy atom. The van der Waals surface area contributed by atoms with Crippen molar-refractivity contribution in [3.05, 3.63) is 35.7 Å². The zero-order chi connectivity index (χ0) is 17.2. The first-order chi connectivity index (χ1) is 12.2. The van der Waals surface area contributed by atoms with Gasteiger partial charge in [0.15, 0.2) is 0 Å². The molecule has 4 rings (SSSR count). The fraction of sp³-hybridized carbons (Fsp3) is 0.632. The molecular weight excluding hydrogens is 314 g/mol. The molecule has 3 heterocycles. The molecule has 0 bridgehead atoms. The van der Waals surface area contributed by atoms with E-state index in [1.165, 1.54) is 24.8 Å². The van der Waals surface area contributed by atoms with Gasteiger partial charge in [-0.05, 0) is 51.4 Å². The van der Waals surface area contributed by atoms with Gasteiger partial charge in [-0.3, -0.25) is 9.48 Å². The van der Waals surface area contributed by atoms with E-state index >= 15 is 0 Å². The molecule has 1 aliphatic carbocycles. The second kappa shape index (κ2) is 7.02. The van der Waals surface area contributed by atoms with Crippen LogP contribution in [-0.4, -0.2) is 42.7 Å². The highest BCUT2D eigenvalue weighted by Gasteiger charge is 2.32. The average molecular weight is 341 g/mol. The van der Waals surface area contributed by atoms with Crippen LogP contribution < -0.4 is 0 Å². The van der Waals surface area contributed by atoms with Crippen LogP contribution in [0.1, 0.15) is 60.3 Å². The summed E-state index contributed by atoms with van der Waals surface area (Å²) in [6.07, 6.45) is 14.4. The fourth-order valence-corrected chi connectivity index (χ4v) is 4.37. The lowest BCUT2D eigenvalue weighted by Gasteiger charge is -2.36. The molecule has 134 valence electrons. The quantitative estimate of drug-likeness (QED) is 0.859. The van der Waals surface area contributed by atoms with Crippen LogP contribution in [0, 0.1) is 0 Å². The molecule has 1 aliphatic heterocycles. The van der Waals surface area contributed by atoms with Crippen LogP contribution >= 0.6 is 0 Å². The number of hydrogen-bond donors (Lipinski definition) is 0.